The fourth-order valence-corrected chi connectivity index (χ4v) is 2.00. The van der Waals surface area contributed by atoms with Gasteiger partial charge in [-0.2, -0.15) is 12.6 Å². The molecule has 0 unspecified atom stereocenters. The Morgan fingerprint density at radius 3 is 2.73 bits per heavy atom. The lowest BCUT2D eigenvalue weighted by molar-refractivity contribution is 0.0177. The zero-order valence-electron chi connectivity index (χ0n) is 9.82. The van der Waals surface area contributed by atoms with Crippen LogP contribution in [0, 0.1) is 5.92 Å². The van der Waals surface area contributed by atoms with Crippen molar-refractivity contribution >= 4 is 18.7 Å². The summed E-state index contributed by atoms with van der Waals surface area (Å²) in [5.74, 6) is 1.37. The molecule has 0 aliphatic carbocycles. The molecule has 0 aromatic rings. The van der Waals surface area contributed by atoms with Crippen LogP contribution in [0.1, 0.15) is 33.6 Å². The zero-order valence-corrected chi connectivity index (χ0v) is 10.7. The van der Waals surface area contributed by atoms with Crippen LogP contribution in [0.5, 0.6) is 0 Å². The van der Waals surface area contributed by atoms with E-state index in [9.17, 15) is 4.79 Å². The summed E-state index contributed by atoms with van der Waals surface area (Å²) >= 11 is 4.28. The number of amides is 1. The van der Waals surface area contributed by atoms with E-state index in [-0.39, 0.29) is 6.09 Å². The Kier molecular flexibility index (Phi) is 4.32. The summed E-state index contributed by atoms with van der Waals surface area (Å²) in [6.45, 7) is 7.29. The Morgan fingerprint density at radius 2 is 2.20 bits per heavy atom. The van der Waals surface area contributed by atoms with Crippen LogP contribution in [-0.4, -0.2) is 35.4 Å². The number of nitrogens with zero attached hydrogens (tertiary/aromatic N) is 1. The van der Waals surface area contributed by atoms with E-state index in [2.05, 4.69) is 12.6 Å². The summed E-state index contributed by atoms with van der Waals surface area (Å²) in [5.41, 5.74) is -0.398. The largest absolute Gasteiger partial charge is 0.444 e. The minimum absolute atomic E-state index is 0.186. The second-order valence-corrected chi connectivity index (χ2v) is 5.48. The highest BCUT2D eigenvalue weighted by atomic mass is 32.1. The standard InChI is InChI=1S/C11H21NO2S/c1-11(2,3)14-10(13)12-6-4-5-9(7-12)8-15/h9,15H,4-8H2,1-3H3/t9-/m1/s1. The first-order chi connectivity index (χ1) is 6.92. The van der Waals surface area contributed by atoms with Gasteiger partial charge in [0.05, 0.1) is 0 Å². The van der Waals surface area contributed by atoms with Gasteiger partial charge in [0.2, 0.25) is 0 Å². The zero-order chi connectivity index (χ0) is 11.5. The Hall–Kier alpha value is -0.380. The summed E-state index contributed by atoms with van der Waals surface area (Å²) in [4.78, 5) is 13.6. The van der Waals surface area contributed by atoms with Gasteiger partial charge in [-0.25, -0.2) is 4.79 Å². The second-order valence-electron chi connectivity index (χ2n) is 5.12. The maximum absolute atomic E-state index is 11.8. The van der Waals surface area contributed by atoms with Crippen LogP contribution in [0.25, 0.3) is 0 Å². The third-order valence-electron chi connectivity index (χ3n) is 2.43. The summed E-state index contributed by atoms with van der Waals surface area (Å²) in [6.07, 6.45) is 2.04. The van der Waals surface area contributed by atoms with Gasteiger partial charge in [0.25, 0.3) is 0 Å². The Balaban J connectivity index is 2.45. The summed E-state index contributed by atoms with van der Waals surface area (Å²) in [7, 11) is 0. The van der Waals surface area contributed by atoms with Gasteiger partial charge in [-0.05, 0) is 45.3 Å². The van der Waals surface area contributed by atoms with Crippen molar-refractivity contribution in [3.63, 3.8) is 0 Å². The quantitative estimate of drug-likeness (QED) is 0.703. The molecular weight excluding hydrogens is 210 g/mol. The fourth-order valence-electron chi connectivity index (χ4n) is 1.71. The van der Waals surface area contributed by atoms with Crippen LogP contribution in [0.15, 0.2) is 0 Å². The molecule has 15 heavy (non-hydrogen) atoms. The number of hydrogen-bond donors (Lipinski definition) is 1. The molecule has 0 saturated carbocycles. The van der Waals surface area contributed by atoms with Crippen molar-refractivity contribution in [1.29, 1.82) is 0 Å². The third kappa shape index (κ3) is 4.33. The molecule has 1 aliphatic rings. The normalized spacial score (nSPS) is 22.7. The molecule has 0 aromatic carbocycles. The van der Waals surface area contributed by atoms with Crippen LogP contribution in [0.3, 0.4) is 0 Å². The average Bonchev–Trinajstić information content (AvgIpc) is 2.15. The summed E-state index contributed by atoms with van der Waals surface area (Å²) < 4.78 is 5.33. The molecule has 1 atom stereocenters. The molecule has 1 heterocycles. The maximum Gasteiger partial charge on any atom is 0.410 e. The van der Waals surface area contributed by atoms with E-state index in [1.807, 2.05) is 20.8 Å². The molecule has 0 radical (unpaired) electrons. The van der Waals surface area contributed by atoms with Crippen molar-refractivity contribution in [1.82, 2.24) is 4.90 Å². The van der Waals surface area contributed by atoms with Gasteiger partial charge in [0.1, 0.15) is 5.60 Å². The monoisotopic (exact) mass is 231 g/mol. The molecule has 1 amide bonds. The highest BCUT2D eigenvalue weighted by Crippen LogP contribution is 2.19. The number of carbonyl (C=O) groups is 1. The molecule has 1 rings (SSSR count). The minimum atomic E-state index is -0.398. The van der Waals surface area contributed by atoms with Crippen LogP contribution < -0.4 is 0 Å². The molecule has 4 heteroatoms. The first-order valence-corrected chi connectivity index (χ1v) is 6.14. The number of thiol groups is 1. The predicted octanol–water partition coefficient (Wildman–Crippen LogP) is 2.56. The van der Waals surface area contributed by atoms with Crippen molar-refractivity contribution in [3.05, 3.63) is 0 Å². The number of carbonyl (C=O) groups excluding carboxylic acids is 1. The Morgan fingerprint density at radius 1 is 1.53 bits per heavy atom. The lowest BCUT2D eigenvalue weighted by Gasteiger charge is -2.33. The number of hydrogen-bond acceptors (Lipinski definition) is 3. The van der Waals surface area contributed by atoms with Gasteiger partial charge in [-0.1, -0.05) is 0 Å². The van der Waals surface area contributed by atoms with Crippen molar-refractivity contribution < 1.29 is 9.53 Å². The van der Waals surface area contributed by atoms with E-state index in [1.54, 1.807) is 4.90 Å². The third-order valence-corrected chi connectivity index (χ3v) is 2.95. The number of ether oxygens (including phenoxy) is 1. The molecule has 0 bridgehead atoms. The van der Waals surface area contributed by atoms with Crippen LogP contribution in [0.4, 0.5) is 4.79 Å². The van der Waals surface area contributed by atoms with E-state index in [0.29, 0.717) is 5.92 Å². The minimum Gasteiger partial charge on any atom is -0.444 e. The van der Waals surface area contributed by atoms with E-state index in [0.717, 1.165) is 25.3 Å². The number of likely N-dealkylation sites (tertiary alicyclic amines) is 1. The number of piperidine rings is 1. The Labute approximate surface area is 97.6 Å². The van der Waals surface area contributed by atoms with Gasteiger partial charge in [0.15, 0.2) is 0 Å². The smallest absolute Gasteiger partial charge is 0.410 e. The molecule has 0 spiro atoms. The fraction of sp³-hybridized carbons (Fsp3) is 0.909. The van der Waals surface area contributed by atoms with E-state index >= 15 is 0 Å². The maximum atomic E-state index is 11.8. The van der Waals surface area contributed by atoms with Crippen LogP contribution in [0.2, 0.25) is 0 Å². The molecule has 1 fully saturated rings. The lowest BCUT2D eigenvalue weighted by Crippen LogP contribution is -2.43. The van der Waals surface area contributed by atoms with E-state index in [4.69, 9.17) is 4.74 Å². The lowest BCUT2D eigenvalue weighted by atomic mass is 10.0. The summed E-state index contributed by atoms with van der Waals surface area (Å²) in [6, 6.07) is 0. The van der Waals surface area contributed by atoms with Gasteiger partial charge in [0, 0.05) is 13.1 Å². The first-order valence-electron chi connectivity index (χ1n) is 5.51. The first kappa shape index (κ1) is 12.7. The van der Waals surface area contributed by atoms with Crippen LogP contribution in [-0.2, 0) is 4.74 Å². The highest BCUT2D eigenvalue weighted by molar-refractivity contribution is 7.80. The van der Waals surface area contributed by atoms with Crippen molar-refractivity contribution in [2.75, 3.05) is 18.8 Å². The summed E-state index contributed by atoms with van der Waals surface area (Å²) in [5, 5.41) is 0. The van der Waals surface area contributed by atoms with E-state index < -0.39 is 5.60 Å². The second kappa shape index (κ2) is 5.10. The molecule has 0 N–H and O–H groups in total. The van der Waals surface area contributed by atoms with Gasteiger partial charge in [-0.15, -0.1) is 0 Å². The van der Waals surface area contributed by atoms with Crippen molar-refractivity contribution in [2.45, 2.75) is 39.2 Å². The highest BCUT2D eigenvalue weighted by Gasteiger charge is 2.26. The molecule has 88 valence electrons. The van der Waals surface area contributed by atoms with Gasteiger partial charge in [-0.3, -0.25) is 0 Å². The Bertz CT molecular complexity index is 225. The molecule has 0 aromatic heterocycles. The van der Waals surface area contributed by atoms with E-state index in [1.165, 1.54) is 6.42 Å². The van der Waals surface area contributed by atoms with Gasteiger partial charge >= 0.3 is 6.09 Å². The molecule has 1 saturated heterocycles. The predicted molar refractivity (Wildman–Crippen MR) is 64.4 cm³/mol. The SMILES string of the molecule is CC(C)(C)OC(=O)N1CCC[C@@H](CS)C1. The molecule has 1 aliphatic heterocycles. The van der Waals surface area contributed by atoms with Crippen molar-refractivity contribution in [2.24, 2.45) is 5.92 Å². The van der Waals surface area contributed by atoms with Gasteiger partial charge < -0.3 is 9.64 Å². The molecule has 3 nitrogen and oxygen atoms in total. The van der Waals surface area contributed by atoms with Crippen molar-refractivity contribution in [3.8, 4) is 0 Å². The number of rotatable bonds is 1. The topological polar surface area (TPSA) is 29.5 Å². The molecular formula is C11H21NO2S. The van der Waals surface area contributed by atoms with Crippen LogP contribution >= 0.6 is 12.6 Å². The average molecular weight is 231 g/mol.